The summed E-state index contributed by atoms with van der Waals surface area (Å²) in [5, 5.41) is 4.93. The second-order valence-corrected chi connectivity index (χ2v) is 5.99. The van der Waals surface area contributed by atoms with Gasteiger partial charge in [-0.25, -0.2) is 0 Å². The van der Waals surface area contributed by atoms with Crippen LogP contribution in [0.1, 0.15) is 22.5 Å². The van der Waals surface area contributed by atoms with Crippen molar-refractivity contribution in [3.63, 3.8) is 0 Å². The summed E-state index contributed by atoms with van der Waals surface area (Å²) in [6.45, 7) is 0. The van der Waals surface area contributed by atoms with Crippen molar-refractivity contribution < 1.29 is 19.1 Å². The lowest BCUT2D eigenvalue weighted by Gasteiger charge is -2.13. The van der Waals surface area contributed by atoms with Gasteiger partial charge in [-0.2, -0.15) is 0 Å². The number of ketones is 1. The van der Waals surface area contributed by atoms with E-state index in [-0.39, 0.29) is 24.5 Å². The number of ether oxygens (including phenoxy) is 2. The molecule has 0 atom stereocenters. The van der Waals surface area contributed by atoms with E-state index in [0.29, 0.717) is 27.1 Å². The van der Waals surface area contributed by atoms with Crippen molar-refractivity contribution >= 4 is 40.3 Å². The van der Waals surface area contributed by atoms with Crippen molar-refractivity contribution in [2.75, 3.05) is 19.5 Å². The van der Waals surface area contributed by atoms with Gasteiger partial charge in [-0.1, -0.05) is 17.7 Å². The number of halogens is 1. The van der Waals surface area contributed by atoms with Crippen LogP contribution in [-0.2, 0) is 4.79 Å². The fraction of sp³-hybridized carbons (Fsp3) is 0.250. The minimum absolute atomic E-state index is 0.0456. The number of thiophene rings is 1. The van der Waals surface area contributed by atoms with Gasteiger partial charge in [-0.15, -0.1) is 11.3 Å². The predicted octanol–water partition coefficient (Wildman–Crippen LogP) is 4.02. The molecule has 0 bridgehead atoms. The lowest BCUT2D eigenvalue weighted by atomic mass is 10.2. The van der Waals surface area contributed by atoms with Crippen molar-refractivity contribution in [1.82, 2.24) is 0 Å². The van der Waals surface area contributed by atoms with Crippen LogP contribution in [0.3, 0.4) is 0 Å². The average molecular weight is 354 g/mol. The molecule has 1 N–H and O–H groups in total. The number of benzene rings is 1. The molecule has 2 rings (SSSR count). The molecule has 5 nitrogen and oxygen atoms in total. The summed E-state index contributed by atoms with van der Waals surface area (Å²) in [7, 11) is 2.97. The number of carbonyl (C=O) groups is 2. The molecule has 0 aliphatic rings. The van der Waals surface area contributed by atoms with Gasteiger partial charge in [0, 0.05) is 25.0 Å². The Labute approximate surface area is 143 Å². The van der Waals surface area contributed by atoms with E-state index in [9.17, 15) is 9.59 Å². The van der Waals surface area contributed by atoms with Gasteiger partial charge in [0.15, 0.2) is 5.78 Å². The van der Waals surface area contributed by atoms with Gasteiger partial charge in [-0.3, -0.25) is 9.59 Å². The first-order valence-corrected chi connectivity index (χ1v) is 8.09. The Balaban J connectivity index is 2.01. The fourth-order valence-corrected chi connectivity index (χ4v) is 2.88. The van der Waals surface area contributed by atoms with Gasteiger partial charge in [0.1, 0.15) is 11.5 Å². The molecule has 2 aromatic rings. The first kappa shape index (κ1) is 17.3. The van der Waals surface area contributed by atoms with Gasteiger partial charge < -0.3 is 14.8 Å². The monoisotopic (exact) mass is 353 g/mol. The summed E-state index contributed by atoms with van der Waals surface area (Å²) in [6, 6.07) is 6.70. The van der Waals surface area contributed by atoms with Crippen LogP contribution < -0.4 is 14.8 Å². The van der Waals surface area contributed by atoms with E-state index in [4.69, 9.17) is 21.1 Å². The zero-order chi connectivity index (χ0) is 16.8. The number of Topliss-reactive ketones (excluding diaryl/α,β-unsaturated/α-hetero) is 1. The van der Waals surface area contributed by atoms with Crippen LogP contribution in [0.15, 0.2) is 29.6 Å². The molecule has 0 unspecified atom stereocenters. The third kappa shape index (κ3) is 4.46. The summed E-state index contributed by atoms with van der Waals surface area (Å²) in [5.41, 5.74) is 0.447. The van der Waals surface area contributed by atoms with Gasteiger partial charge in [0.25, 0.3) is 0 Å². The zero-order valence-corrected chi connectivity index (χ0v) is 14.3. The van der Waals surface area contributed by atoms with E-state index in [2.05, 4.69) is 5.32 Å². The molecule has 0 aliphatic carbocycles. The maximum atomic E-state index is 12.0. The Kier molecular flexibility index (Phi) is 6.01. The number of hydrogen-bond acceptors (Lipinski definition) is 5. The number of rotatable bonds is 7. The largest absolute Gasteiger partial charge is 0.495 e. The molecule has 23 heavy (non-hydrogen) atoms. The highest BCUT2D eigenvalue weighted by atomic mass is 35.5. The molecular formula is C16H16ClNO4S. The van der Waals surface area contributed by atoms with Crippen molar-refractivity contribution in [3.05, 3.63) is 39.5 Å². The molecule has 1 aromatic carbocycles. The maximum absolute atomic E-state index is 12.0. The standard InChI is InChI=1S/C16H16ClNO4S/c1-21-13-9-11(14(22-2)8-10(13)17)18-16(20)6-5-12(19)15-4-3-7-23-15/h3-4,7-9H,5-6H2,1-2H3,(H,18,20). The van der Waals surface area contributed by atoms with E-state index in [1.54, 1.807) is 18.2 Å². The number of carbonyl (C=O) groups excluding carboxylic acids is 2. The summed E-state index contributed by atoms with van der Waals surface area (Å²) >= 11 is 7.38. The quantitative estimate of drug-likeness (QED) is 0.763. The van der Waals surface area contributed by atoms with Crippen LogP contribution in [0.5, 0.6) is 11.5 Å². The van der Waals surface area contributed by atoms with E-state index in [1.807, 2.05) is 11.4 Å². The van der Waals surface area contributed by atoms with Gasteiger partial charge >= 0.3 is 0 Å². The van der Waals surface area contributed by atoms with Crippen LogP contribution in [-0.4, -0.2) is 25.9 Å². The molecule has 0 saturated carbocycles. The third-order valence-corrected chi connectivity index (χ3v) is 4.33. The van der Waals surface area contributed by atoms with Crippen LogP contribution in [0.2, 0.25) is 5.02 Å². The van der Waals surface area contributed by atoms with E-state index in [0.717, 1.165) is 0 Å². The van der Waals surface area contributed by atoms with Gasteiger partial charge in [-0.05, 0) is 11.4 Å². The van der Waals surface area contributed by atoms with Crippen molar-refractivity contribution in [3.8, 4) is 11.5 Å². The Morgan fingerprint density at radius 1 is 1.17 bits per heavy atom. The second kappa shape index (κ2) is 7.99. The predicted molar refractivity (Wildman–Crippen MR) is 91.1 cm³/mol. The molecule has 0 spiro atoms. The zero-order valence-electron chi connectivity index (χ0n) is 12.7. The van der Waals surface area contributed by atoms with Crippen LogP contribution in [0, 0.1) is 0 Å². The molecule has 0 aliphatic heterocycles. The molecule has 122 valence electrons. The molecule has 7 heteroatoms. The highest BCUT2D eigenvalue weighted by molar-refractivity contribution is 7.12. The van der Waals surface area contributed by atoms with Gasteiger partial charge in [0.2, 0.25) is 5.91 Å². The molecule has 1 heterocycles. The highest BCUT2D eigenvalue weighted by Gasteiger charge is 2.14. The number of anilines is 1. The molecule has 0 fully saturated rings. The Hall–Kier alpha value is -2.05. The SMILES string of the molecule is COc1cc(NC(=O)CCC(=O)c2cccs2)c(OC)cc1Cl. The molecule has 0 radical (unpaired) electrons. The maximum Gasteiger partial charge on any atom is 0.224 e. The molecular weight excluding hydrogens is 338 g/mol. The second-order valence-electron chi connectivity index (χ2n) is 4.64. The third-order valence-electron chi connectivity index (χ3n) is 3.12. The van der Waals surface area contributed by atoms with E-state index in [1.165, 1.54) is 25.6 Å². The topological polar surface area (TPSA) is 64.6 Å². The summed E-state index contributed by atoms with van der Waals surface area (Å²) < 4.78 is 10.3. The normalized spacial score (nSPS) is 10.2. The van der Waals surface area contributed by atoms with E-state index < -0.39 is 0 Å². The highest BCUT2D eigenvalue weighted by Crippen LogP contribution is 2.35. The Bertz CT molecular complexity index is 700. The number of methoxy groups -OCH3 is 2. The lowest BCUT2D eigenvalue weighted by molar-refractivity contribution is -0.116. The van der Waals surface area contributed by atoms with Gasteiger partial charge in [0.05, 0.1) is 29.8 Å². The molecule has 0 saturated heterocycles. The summed E-state index contributed by atoms with van der Waals surface area (Å²) in [6.07, 6.45) is 0.240. The Morgan fingerprint density at radius 3 is 2.52 bits per heavy atom. The van der Waals surface area contributed by atoms with Crippen molar-refractivity contribution in [1.29, 1.82) is 0 Å². The first-order valence-electron chi connectivity index (χ1n) is 6.83. The molecule has 1 amide bonds. The number of amides is 1. The summed E-state index contributed by atoms with van der Waals surface area (Å²) in [4.78, 5) is 24.6. The van der Waals surface area contributed by atoms with Crippen LogP contribution >= 0.6 is 22.9 Å². The summed E-state index contributed by atoms with van der Waals surface area (Å²) in [5.74, 6) is 0.527. The average Bonchev–Trinajstić information content (AvgIpc) is 3.08. The minimum atomic E-state index is -0.280. The fourth-order valence-electron chi connectivity index (χ4n) is 1.96. The van der Waals surface area contributed by atoms with Crippen LogP contribution in [0.4, 0.5) is 5.69 Å². The number of hydrogen-bond donors (Lipinski definition) is 1. The Morgan fingerprint density at radius 2 is 1.91 bits per heavy atom. The van der Waals surface area contributed by atoms with Crippen molar-refractivity contribution in [2.45, 2.75) is 12.8 Å². The smallest absolute Gasteiger partial charge is 0.224 e. The van der Waals surface area contributed by atoms with Crippen LogP contribution in [0.25, 0.3) is 0 Å². The van der Waals surface area contributed by atoms with E-state index >= 15 is 0 Å². The van der Waals surface area contributed by atoms with Crippen molar-refractivity contribution in [2.24, 2.45) is 0 Å². The minimum Gasteiger partial charge on any atom is -0.495 e. The lowest BCUT2D eigenvalue weighted by Crippen LogP contribution is -2.14. The number of nitrogens with one attached hydrogen (secondary N) is 1. The first-order chi connectivity index (χ1) is 11.0. The molecule has 1 aromatic heterocycles.